The smallest absolute Gasteiger partial charge is 0.335 e. The van der Waals surface area contributed by atoms with Crippen LogP contribution in [0.4, 0.5) is 0 Å². The third kappa shape index (κ3) is 7.22. The molecule has 3 aliphatic rings. The van der Waals surface area contributed by atoms with Crippen LogP contribution >= 0.6 is 0 Å². The summed E-state index contributed by atoms with van der Waals surface area (Å²) in [5, 5.41) is 90.1. The van der Waals surface area contributed by atoms with Crippen molar-refractivity contribution in [3.63, 3.8) is 0 Å². The first kappa shape index (κ1) is 33.3. The number of aliphatic carboxylic acids is 1. The molecule has 0 aromatic rings. The van der Waals surface area contributed by atoms with E-state index in [1.54, 1.807) is 4.72 Å². The number of carboxylic acids is 1. The lowest BCUT2D eigenvalue weighted by Crippen LogP contribution is -2.68. The molecule has 0 aromatic carbocycles. The quantitative estimate of drug-likeness (QED) is 0.102. The standard InChI is InChI=1S/C19H33NO19S/c1-34-13-4(2-21)37-18(6(8(13)23)20-40(31,32)33)38-14-10(25)12(27)19(39-15(14)16(28)29)35-3-5-7(22)9(24)11(26)17(30)36-5/h4-15,17-27,30H,2-3H2,1H3,(H,28,29)(H,31,32,33)/t4-,5-,6-,7-,8-,9+,10-,11-,12-,13-,14+,15+,17?,18-,19-/m1/s1. The first-order valence-corrected chi connectivity index (χ1v) is 13.2. The zero-order valence-electron chi connectivity index (χ0n) is 20.6. The Morgan fingerprint density at radius 2 is 1.48 bits per heavy atom. The van der Waals surface area contributed by atoms with Crippen molar-refractivity contribution in [1.82, 2.24) is 4.72 Å². The summed E-state index contributed by atoms with van der Waals surface area (Å²) in [6, 6.07) is -1.88. The van der Waals surface area contributed by atoms with Gasteiger partial charge in [0.2, 0.25) is 0 Å². The summed E-state index contributed by atoms with van der Waals surface area (Å²) < 4.78 is 65.0. The molecule has 15 atom stereocenters. The highest BCUT2D eigenvalue weighted by molar-refractivity contribution is 7.83. The molecule has 3 fully saturated rings. The van der Waals surface area contributed by atoms with Gasteiger partial charge in [-0.1, -0.05) is 0 Å². The van der Waals surface area contributed by atoms with E-state index in [4.69, 9.17) is 28.4 Å². The minimum atomic E-state index is -5.03. The van der Waals surface area contributed by atoms with Crippen LogP contribution in [-0.4, -0.2) is 177 Å². The molecule has 0 bridgehead atoms. The molecule has 234 valence electrons. The number of aliphatic hydroxyl groups excluding tert-OH is 8. The highest BCUT2D eigenvalue weighted by atomic mass is 32.2. The fourth-order valence-corrected chi connectivity index (χ4v) is 5.10. The van der Waals surface area contributed by atoms with Crippen molar-refractivity contribution in [3.8, 4) is 0 Å². The van der Waals surface area contributed by atoms with Crippen molar-refractivity contribution in [2.45, 2.75) is 92.1 Å². The van der Waals surface area contributed by atoms with Gasteiger partial charge in [0.15, 0.2) is 25.0 Å². The second-order valence-corrected chi connectivity index (χ2v) is 10.4. The molecule has 3 saturated heterocycles. The van der Waals surface area contributed by atoms with Gasteiger partial charge in [0, 0.05) is 7.11 Å². The first-order valence-electron chi connectivity index (χ1n) is 11.7. The van der Waals surface area contributed by atoms with E-state index in [1.807, 2.05) is 0 Å². The van der Waals surface area contributed by atoms with E-state index < -0.39 is 122 Å². The van der Waals surface area contributed by atoms with Crippen molar-refractivity contribution in [2.24, 2.45) is 0 Å². The normalized spacial score (nSPS) is 46.7. The minimum absolute atomic E-state index is 0.747. The van der Waals surface area contributed by atoms with Crippen LogP contribution in [0.25, 0.3) is 0 Å². The highest BCUT2D eigenvalue weighted by Crippen LogP contribution is 2.31. The maximum atomic E-state index is 12.0. The molecule has 3 aliphatic heterocycles. The van der Waals surface area contributed by atoms with E-state index in [9.17, 15) is 63.7 Å². The molecule has 3 heterocycles. The van der Waals surface area contributed by atoms with Crippen LogP contribution in [0.2, 0.25) is 0 Å². The predicted molar refractivity (Wildman–Crippen MR) is 119 cm³/mol. The van der Waals surface area contributed by atoms with Gasteiger partial charge in [0.1, 0.15) is 67.1 Å². The van der Waals surface area contributed by atoms with Crippen molar-refractivity contribution in [1.29, 1.82) is 0 Å². The maximum absolute atomic E-state index is 12.0. The molecule has 0 radical (unpaired) electrons. The van der Waals surface area contributed by atoms with Crippen molar-refractivity contribution >= 4 is 16.3 Å². The number of carboxylic acid groups (broad SMARTS) is 1. The lowest BCUT2D eigenvalue weighted by Gasteiger charge is -2.47. The van der Waals surface area contributed by atoms with Gasteiger partial charge >= 0.3 is 16.3 Å². The number of carbonyl (C=O) groups is 1. The van der Waals surface area contributed by atoms with Crippen molar-refractivity contribution in [3.05, 3.63) is 0 Å². The van der Waals surface area contributed by atoms with Crippen LogP contribution in [0, 0.1) is 0 Å². The zero-order valence-corrected chi connectivity index (χ0v) is 21.4. The van der Waals surface area contributed by atoms with Gasteiger partial charge in [0.05, 0.1) is 13.2 Å². The molecule has 1 unspecified atom stereocenters. The number of nitrogens with one attached hydrogen (secondary N) is 1. The second-order valence-electron chi connectivity index (χ2n) is 9.25. The Hall–Kier alpha value is -1.22. The van der Waals surface area contributed by atoms with Gasteiger partial charge < -0.3 is 74.4 Å². The Balaban J connectivity index is 1.77. The monoisotopic (exact) mass is 611 g/mol. The lowest BCUT2D eigenvalue weighted by molar-refractivity contribution is -0.348. The fourth-order valence-electron chi connectivity index (χ4n) is 4.51. The Kier molecular flexibility index (Phi) is 11.1. The molecule has 0 amide bonds. The van der Waals surface area contributed by atoms with E-state index in [0.717, 1.165) is 7.11 Å². The van der Waals surface area contributed by atoms with Crippen molar-refractivity contribution in [2.75, 3.05) is 20.3 Å². The molecule has 0 aromatic heterocycles. The van der Waals surface area contributed by atoms with Crippen molar-refractivity contribution < 1.29 is 92.1 Å². The van der Waals surface area contributed by atoms with Crippen LogP contribution in [0.5, 0.6) is 0 Å². The van der Waals surface area contributed by atoms with E-state index in [2.05, 4.69) is 0 Å². The van der Waals surface area contributed by atoms with Gasteiger partial charge in [-0.05, 0) is 0 Å². The Bertz CT molecular complexity index is 956. The summed E-state index contributed by atoms with van der Waals surface area (Å²) in [5.41, 5.74) is 0. The van der Waals surface area contributed by atoms with Crippen LogP contribution in [0.15, 0.2) is 0 Å². The first-order chi connectivity index (χ1) is 18.6. The average molecular weight is 612 g/mol. The maximum Gasteiger partial charge on any atom is 0.335 e. The number of methoxy groups -OCH3 is 1. The van der Waals surface area contributed by atoms with Gasteiger partial charge in [0.25, 0.3) is 0 Å². The summed E-state index contributed by atoms with van der Waals surface area (Å²) in [6.45, 7) is -1.54. The third-order valence-corrected chi connectivity index (χ3v) is 7.17. The molecule has 0 saturated carbocycles. The summed E-state index contributed by atoms with van der Waals surface area (Å²) in [7, 11) is -3.93. The van der Waals surface area contributed by atoms with E-state index in [-0.39, 0.29) is 0 Å². The second kappa shape index (κ2) is 13.4. The topological polar surface area (TPSA) is 321 Å². The minimum Gasteiger partial charge on any atom is -0.479 e. The third-order valence-electron chi connectivity index (χ3n) is 6.60. The summed E-state index contributed by atoms with van der Waals surface area (Å²) in [5.74, 6) is -1.78. The zero-order chi connectivity index (χ0) is 30.1. The van der Waals surface area contributed by atoms with Gasteiger partial charge in [-0.3, -0.25) is 4.55 Å². The van der Waals surface area contributed by atoms with E-state index in [0.29, 0.717) is 0 Å². The molecular formula is C19H33NO19S. The summed E-state index contributed by atoms with van der Waals surface area (Å²) in [6.07, 6.45) is -25.8. The molecule has 20 nitrogen and oxygen atoms in total. The predicted octanol–water partition coefficient (Wildman–Crippen LogP) is -7.43. The number of ether oxygens (including phenoxy) is 6. The Morgan fingerprint density at radius 1 is 0.825 bits per heavy atom. The molecule has 21 heteroatoms. The number of rotatable bonds is 10. The van der Waals surface area contributed by atoms with Gasteiger partial charge in [-0.25, -0.2) is 4.79 Å². The Labute approximate surface area is 226 Å². The lowest BCUT2D eigenvalue weighted by atomic mass is 9.95. The van der Waals surface area contributed by atoms with Crippen LogP contribution in [0.1, 0.15) is 0 Å². The largest absolute Gasteiger partial charge is 0.479 e. The molecule has 40 heavy (non-hydrogen) atoms. The SMILES string of the molecule is CO[C@H]1[C@H](O)[C@@H](NS(=O)(=O)O)[C@@H](O[C@H]2[C@H](O)[C@@H](O)[C@H](OC[C@H]3OC(O)[C@H](O)[C@@H](O)[C@@H]3O)O[C@@H]2C(=O)O)O[C@@H]1CO. The number of hydrogen-bond acceptors (Lipinski definition) is 17. The summed E-state index contributed by atoms with van der Waals surface area (Å²) >= 11 is 0. The highest BCUT2D eigenvalue weighted by Gasteiger charge is 2.54. The molecule has 11 N–H and O–H groups in total. The molecule has 3 rings (SSSR count). The van der Waals surface area contributed by atoms with E-state index >= 15 is 0 Å². The van der Waals surface area contributed by atoms with Crippen LogP contribution in [-0.2, 0) is 43.5 Å². The van der Waals surface area contributed by atoms with Crippen LogP contribution in [0.3, 0.4) is 0 Å². The summed E-state index contributed by atoms with van der Waals surface area (Å²) in [4.78, 5) is 12.0. The van der Waals surface area contributed by atoms with Gasteiger partial charge in [-0.15, -0.1) is 0 Å². The molecular weight excluding hydrogens is 578 g/mol. The molecule has 0 spiro atoms. The Morgan fingerprint density at radius 3 is 2.02 bits per heavy atom. The van der Waals surface area contributed by atoms with E-state index in [1.165, 1.54) is 0 Å². The number of aliphatic hydroxyl groups is 8. The van der Waals surface area contributed by atoms with Crippen LogP contribution < -0.4 is 4.72 Å². The average Bonchev–Trinajstić information content (AvgIpc) is 2.88. The number of hydrogen-bond donors (Lipinski definition) is 11. The molecule has 0 aliphatic carbocycles. The van der Waals surface area contributed by atoms with Gasteiger partial charge in [-0.2, -0.15) is 13.1 Å². The fraction of sp³-hybridized carbons (Fsp3) is 0.947.